The van der Waals surface area contributed by atoms with E-state index >= 15 is 0 Å². The van der Waals surface area contributed by atoms with Crippen molar-refractivity contribution >= 4 is 0 Å². The van der Waals surface area contributed by atoms with Crippen molar-refractivity contribution in [3.8, 4) is 22.6 Å². The third-order valence-electron chi connectivity index (χ3n) is 4.54. The normalized spacial score (nSPS) is 11.8. The van der Waals surface area contributed by atoms with Crippen molar-refractivity contribution in [2.24, 2.45) is 0 Å². The second-order valence-electron chi connectivity index (χ2n) is 6.31. The van der Waals surface area contributed by atoms with Gasteiger partial charge in [0.05, 0.1) is 14.2 Å². The third kappa shape index (κ3) is 4.44. The van der Waals surface area contributed by atoms with Crippen LogP contribution in [0.15, 0.2) is 72.8 Å². The maximum absolute atomic E-state index is 5.33. The Morgan fingerprint density at radius 1 is 0.769 bits per heavy atom. The van der Waals surface area contributed by atoms with E-state index < -0.39 is 0 Å². The molecule has 0 aliphatic rings. The molecule has 0 fully saturated rings. The lowest BCUT2D eigenvalue weighted by Gasteiger charge is -2.16. The molecular formula is C23H25NO2. The number of methoxy groups -OCH3 is 2. The van der Waals surface area contributed by atoms with Crippen LogP contribution in [0.4, 0.5) is 0 Å². The number of ether oxygens (including phenoxy) is 2. The van der Waals surface area contributed by atoms with Crippen LogP contribution in [0, 0.1) is 0 Å². The van der Waals surface area contributed by atoms with E-state index in [-0.39, 0.29) is 6.04 Å². The quantitative estimate of drug-likeness (QED) is 0.635. The topological polar surface area (TPSA) is 30.5 Å². The largest absolute Gasteiger partial charge is 0.497 e. The molecule has 0 bridgehead atoms. The van der Waals surface area contributed by atoms with Crippen molar-refractivity contribution in [2.45, 2.75) is 19.5 Å². The third-order valence-corrected chi connectivity index (χ3v) is 4.54. The van der Waals surface area contributed by atoms with Crippen LogP contribution in [0.25, 0.3) is 11.1 Å². The van der Waals surface area contributed by atoms with Gasteiger partial charge in [-0.25, -0.2) is 0 Å². The summed E-state index contributed by atoms with van der Waals surface area (Å²) in [6.07, 6.45) is 0. The van der Waals surface area contributed by atoms with Gasteiger partial charge in [-0.2, -0.15) is 0 Å². The molecule has 0 radical (unpaired) electrons. The molecule has 0 aromatic heterocycles. The number of nitrogens with one attached hydrogen (secondary N) is 1. The Bertz CT molecular complexity index is 860. The molecule has 0 aliphatic carbocycles. The summed E-state index contributed by atoms with van der Waals surface area (Å²) >= 11 is 0. The average Bonchev–Trinajstić information content (AvgIpc) is 2.72. The first-order chi connectivity index (χ1) is 12.7. The van der Waals surface area contributed by atoms with Gasteiger partial charge in [-0.05, 0) is 59.5 Å². The number of hydrogen-bond donors (Lipinski definition) is 1. The molecule has 1 N–H and O–H groups in total. The highest BCUT2D eigenvalue weighted by Gasteiger charge is 2.07. The summed E-state index contributed by atoms with van der Waals surface area (Å²) in [5.74, 6) is 1.76. The molecule has 0 heterocycles. The van der Waals surface area contributed by atoms with E-state index in [1.165, 1.54) is 16.7 Å². The van der Waals surface area contributed by atoms with Gasteiger partial charge in [-0.15, -0.1) is 0 Å². The minimum atomic E-state index is 0.241. The molecule has 0 unspecified atom stereocenters. The number of hydrogen-bond acceptors (Lipinski definition) is 3. The first-order valence-electron chi connectivity index (χ1n) is 8.80. The molecule has 26 heavy (non-hydrogen) atoms. The fourth-order valence-corrected chi connectivity index (χ4v) is 2.96. The van der Waals surface area contributed by atoms with E-state index in [4.69, 9.17) is 9.47 Å². The van der Waals surface area contributed by atoms with Crippen molar-refractivity contribution in [1.82, 2.24) is 5.32 Å². The van der Waals surface area contributed by atoms with E-state index in [0.29, 0.717) is 0 Å². The minimum Gasteiger partial charge on any atom is -0.497 e. The molecule has 0 aliphatic heterocycles. The highest BCUT2D eigenvalue weighted by atomic mass is 16.5. The van der Waals surface area contributed by atoms with Crippen LogP contribution in [0.2, 0.25) is 0 Å². The van der Waals surface area contributed by atoms with Gasteiger partial charge in [0.25, 0.3) is 0 Å². The highest BCUT2D eigenvalue weighted by molar-refractivity contribution is 5.65. The Hall–Kier alpha value is -2.78. The molecule has 3 nitrogen and oxygen atoms in total. The van der Waals surface area contributed by atoms with Gasteiger partial charge < -0.3 is 14.8 Å². The molecule has 3 heteroatoms. The molecule has 134 valence electrons. The van der Waals surface area contributed by atoms with Crippen molar-refractivity contribution in [1.29, 1.82) is 0 Å². The summed E-state index contributed by atoms with van der Waals surface area (Å²) in [5, 5.41) is 3.59. The van der Waals surface area contributed by atoms with Crippen LogP contribution in [-0.2, 0) is 6.54 Å². The fraction of sp³-hybridized carbons (Fsp3) is 0.217. The summed E-state index contributed by atoms with van der Waals surface area (Å²) in [6, 6.07) is 25.2. The Labute approximate surface area is 155 Å². The van der Waals surface area contributed by atoms with E-state index in [0.717, 1.165) is 23.6 Å². The fourth-order valence-electron chi connectivity index (χ4n) is 2.96. The molecule has 0 spiro atoms. The van der Waals surface area contributed by atoms with E-state index in [1.54, 1.807) is 14.2 Å². The smallest absolute Gasteiger partial charge is 0.119 e. The molecule has 0 amide bonds. The Morgan fingerprint density at radius 3 is 2.12 bits per heavy atom. The first-order valence-corrected chi connectivity index (χ1v) is 8.80. The first kappa shape index (κ1) is 18.0. The standard InChI is InChI=1S/C23H25NO2/c1-17(19-8-5-11-22(14-19)25-2)24-16-18-7-4-9-20(13-18)21-10-6-12-23(15-21)26-3/h4-15,17,24H,16H2,1-3H3/t17-/m1/s1. The zero-order chi connectivity index (χ0) is 18.4. The molecule has 3 rings (SSSR count). The van der Waals surface area contributed by atoms with Crippen LogP contribution in [0.1, 0.15) is 24.1 Å². The molecule has 0 saturated carbocycles. The summed E-state index contributed by atoms with van der Waals surface area (Å²) in [4.78, 5) is 0. The van der Waals surface area contributed by atoms with Gasteiger partial charge in [0.2, 0.25) is 0 Å². The molecule has 3 aromatic carbocycles. The van der Waals surface area contributed by atoms with E-state index in [2.05, 4.69) is 60.8 Å². The maximum atomic E-state index is 5.33. The van der Waals surface area contributed by atoms with Gasteiger partial charge in [0.1, 0.15) is 11.5 Å². The molecule has 0 saturated heterocycles. The highest BCUT2D eigenvalue weighted by Crippen LogP contribution is 2.25. The minimum absolute atomic E-state index is 0.241. The van der Waals surface area contributed by atoms with Crippen molar-refractivity contribution in [2.75, 3.05) is 14.2 Å². The summed E-state index contributed by atoms with van der Waals surface area (Å²) in [6.45, 7) is 2.97. The Morgan fingerprint density at radius 2 is 1.38 bits per heavy atom. The van der Waals surface area contributed by atoms with Gasteiger partial charge in [-0.1, -0.05) is 42.5 Å². The lowest BCUT2D eigenvalue weighted by molar-refractivity contribution is 0.413. The van der Waals surface area contributed by atoms with Crippen molar-refractivity contribution in [3.63, 3.8) is 0 Å². The van der Waals surface area contributed by atoms with Crippen LogP contribution in [0.3, 0.4) is 0 Å². The number of benzene rings is 3. The predicted molar refractivity (Wildman–Crippen MR) is 107 cm³/mol. The zero-order valence-electron chi connectivity index (χ0n) is 15.5. The second-order valence-corrected chi connectivity index (χ2v) is 6.31. The lowest BCUT2D eigenvalue weighted by Crippen LogP contribution is -2.18. The average molecular weight is 347 g/mol. The van der Waals surface area contributed by atoms with Gasteiger partial charge in [-0.3, -0.25) is 0 Å². The van der Waals surface area contributed by atoms with Crippen LogP contribution in [0.5, 0.6) is 11.5 Å². The van der Waals surface area contributed by atoms with Gasteiger partial charge in [0, 0.05) is 12.6 Å². The Kier molecular flexibility index (Phi) is 5.92. The van der Waals surface area contributed by atoms with E-state index in [9.17, 15) is 0 Å². The monoisotopic (exact) mass is 347 g/mol. The second kappa shape index (κ2) is 8.54. The van der Waals surface area contributed by atoms with E-state index in [1.807, 2.05) is 24.3 Å². The lowest BCUT2D eigenvalue weighted by atomic mass is 10.0. The van der Waals surface area contributed by atoms with Crippen molar-refractivity contribution < 1.29 is 9.47 Å². The van der Waals surface area contributed by atoms with Crippen LogP contribution in [-0.4, -0.2) is 14.2 Å². The van der Waals surface area contributed by atoms with Gasteiger partial charge >= 0.3 is 0 Å². The number of rotatable bonds is 7. The van der Waals surface area contributed by atoms with Crippen LogP contribution >= 0.6 is 0 Å². The van der Waals surface area contributed by atoms with Crippen molar-refractivity contribution in [3.05, 3.63) is 83.9 Å². The molecule has 3 aromatic rings. The molecule has 1 atom stereocenters. The summed E-state index contributed by atoms with van der Waals surface area (Å²) < 4.78 is 10.6. The summed E-state index contributed by atoms with van der Waals surface area (Å²) in [5.41, 5.74) is 4.82. The molecular weight excluding hydrogens is 322 g/mol. The van der Waals surface area contributed by atoms with Gasteiger partial charge in [0.15, 0.2) is 0 Å². The maximum Gasteiger partial charge on any atom is 0.119 e. The summed E-state index contributed by atoms with van der Waals surface area (Å²) in [7, 11) is 3.39. The van der Waals surface area contributed by atoms with Crippen LogP contribution < -0.4 is 14.8 Å². The zero-order valence-corrected chi connectivity index (χ0v) is 15.5. The predicted octanol–water partition coefficient (Wildman–Crippen LogP) is 5.22. The Balaban J connectivity index is 1.70. The SMILES string of the molecule is COc1cccc(-c2cccc(CN[C@H](C)c3cccc(OC)c3)c2)c1.